The molecule has 5 nitrogen and oxygen atoms in total. The van der Waals surface area contributed by atoms with E-state index in [0.717, 1.165) is 52.3 Å². The van der Waals surface area contributed by atoms with Gasteiger partial charge in [0.2, 0.25) is 0 Å². The fraction of sp³-hybridized carbons (Fsp3) is 0.923. The minimum absolute atomic E-state index is 0.179. The molecular weight excluding hydrogens is 230 g/mol. The van der Waals surface area contributed by atoms with Crippen LogP contribution < -0.4 is 5.32 Å². The molecule has 5 heteroatoms. The standard InChI is InChI=1S/C13H23N3O2/c1-10-2-7-18-12(10)13(17)16-5-3-15(4-6-16)11-8-14-9-11/h10-12,14H,2-9H2,1H3. The second-order valence-electron chi connectivity index (χ2n) is 5.73. The third-order valence-electron chi connectivity index (χ3n) is 4.53. The predicted octanol–water partition coefficient (Wildman–Crippen LogP) is -0.473. The van der Waals surface area contributed by atoms with Crippen molar-refractivity contribution in [1.29, 1.82) is 0 Å². The Labute approximate surface area is 108 Å². The van der Waals surface area contributed by atoms with Crippen molar-refractivity contribution in [2.24, 2.45) is 5.92 Å². The predicted molar refractivity (Wildman–Crippen MR) is 68.3 cm³/mol. The molecule has 18 heavy (non-hydrogen) atoms. The molecule has 0 radical (unpaired) electrons. The van der Waals surface area contributed by atoms with E-state index in [-0.39, 0.29) is 12.0 Å². The summed E-state index contributed by atoms with van der Waals surface area (Å²) in [6.07, 6.45) is 0.839. The smallest absolute Gasteiger partial charge is 0.252 e. The first-order valence-corrected chi connectivity index (χ1v) is 7.11. The first kappa shape index (κ1) is 12.4. The van der Waals surface area contributed by atoms with Crippen LogP contribution in [0.25, 0.3) is 0 Å². The third kappa shape index (κ3) is 2.27. The number of nitrogens with zero attached hydrogens (tertiary/aromatic N) is 2. The zero-order valence-corrected chi connectivity index (χ0v) is 11.1. The fourth-order valence-corrected chi connectivity index (χ4v) is 3.03. The lowest BCUT2D eigenvalue weighted by Crippen LogP contribution is -2.62. The van der Waals surface area contributed by atoms with Gasteiger partial charge in [-0.25, -0.2) is 0 Å². The summed E-state index contributed by atoms with van der Waals surface area (Å²) < 4.78 is 5.57. The number of amides is 1. The van der Waals surface area contributed by atoms with Crippen LogP contribution in [0.5, 0.6) is 0 Å². The lowest BCUT2D eigenvalue weighted by atomic mass is 10.0. The van der Waals surface area contributed by atoms with Gasteiger partial charge >= 0.3 is 0 Å². The van der Waals surface area contributed by atoms with Gasteiger partial charge in [-0.3, -0.25) is 9.69 Å². The summed E-state index contributed by atoms with van der Waals surface area (Å²) in [6.45, 7) is 8.83. The maximum Gasteiger partial charge on any atom is 0.252 e. The molecule has 1 amide bonds. The number of rotatable bonds is 2. The molecule has 0 aromatic rings. The van der Waals surface area contributed by atoms with Gasteiger partial charge in [0.15, 0.2) is 0 Å². The molecule has 3 heterocycles. The molecule has 3 aliphatic rings. The van der Waals surface area contributed by atoms with E-state index in [1.54, 1.807) is 0 Å². The fourth-order valence-electron chi connectivity index (χ4n) is 3.03. The van der Waals surface area contributed by atoms with Crippen LogP contribution in [-0.4, -0.2) is 73.7 Å². The van der Waals surface area contributed by atoms with Crippen LogP contribution in [0.15, 0.2) is 0 Å². The van der Waals surface area contributed by atoms with Crippen molar-refractivity contribution in [3.63, 3.8) is 0 Å². The van der Waals surface area contributed by atoms with Gasteiger partial charge in [-0.1, -0.05) is 6.92 Å². The van der Waals surface area contributed by atoms with Crippen molar-refractivity contribution in [1.82, 2.24) is 15.1 Å². The van der Waals surface area contributed by atoms with Gasteiger partial charge in [0.1, 0.15) is 6.10 Å². The number of hydrogen-bond donors (Lipinski definition) is 1. The van der Waals surface area contributed by atoms with Crippen molar-refractivity contribution >= 4 is 5.91 Å². The molecule has 0 saturated carbocycles. The highest BCUT2D eigenvalue weighted by Gasteiger charge is 2.36. The van der Waals surface area contributed by atoms with Crippen molar-refractivity contribution in [3.8, 4) is 0 Å². The molecule has 102 valence electrons. The maximum atomic E-state index is 12.3. The zero-order valence-electron chi connectivity index (χ0n) is 11.1. The molecule has 2 unspecified atom stereocenters. The summed E-state index contributed by atoms with van der Waals surface area (Å²) in [6, 6.07) is 0.698. The average Bonchev–Trinajstić information content (AvgIpc) is 2.73. The van der Waals surface area contributed by atoms with E-state index in [1.807, 2.05) is 4.90 Å². The quantitative estimate of drug-likeness (QED) is 0.722. The van der Waals surface area contributed by atoms with E-state index < -0.39 is 0 Å². The molecule has 0 spiro atoms. The summed E-state index contributed by atoms with van der Waals surface area (Å²) in [4.78, 5) is 16.8. The molecule has 0 aromatic carbocycles. The van der Waals surface area contributed by atoms with E-state index in [2.05, 4.69) is 17.1 Å². The lowest BCUT2D eigenvalue weighted by Gasteiger charge is -2.43. The van der Waals surface area contributed by atoms with Crippen molar-refractivity contribution in [3.05, 3.63) is 0 Å². The Morgan fingerprint density at radius 2 is 1.94 bits per heavy atom. The minimum atomic E-state index is -0.179. The number of carbonyl (C=O) groups excluding carboxylic acids is 1. The summed E-state index contributed by atoms with van der Waals surface area (Å²) in [7, 11) is 0. The lowest BCUT2D eigenvalue weighted by molar-refractivity contribution is -0.144. The Bertz CT molecular complexity index is 311. The van der Waals surface area contributed by atoms with E-state index in [1.165, 1.54) is 0 Å². The molecule has 3 fully saturated rings. The molecule has 3 saturated heterocycles. The Morgan fingerprint density at radius 3 is 2.44 bits per heavy atom. The van der Waals surface area contributed by atoms with Crippen LogP contribution in [0.1, 0.15) is 13.3 Å². The van der Waals surface area contributed by atoms with Gasteiger partial charge in [-0.05, 0) is 12.3 Å². The average molecular weight is 253 g/mol. The molecule has 0 bridgehead atoms. The zero-order chi connectivity index (χ0) is 12.5. The summed E-state index contributed by atoms with van der Waals surface area (Å²) in [5, 5.41) is 3.30. The van der Waals surface area contributed by atoms with Crippen molar-refractivity contribution < 1.29 is 9.53 Å². The Morgan fingerprint density at radius 1 is 1.22 bits per heavy atom. The largest absolute Gasteiger partial charge is 0.368 e. The van der Waals surface area contributed by atoms with Gasteiger partial charge in [-0.15, -0.1) is 0 Å². The Kier molecular flexibility index (Phi) is 3.54. The summed E-state index contributed by atoms with van der Waals surface area (Å²) in [5.74, 6) is 0.595. The normalized spacial score (nSPS) is 34.6. The monoisotopic (exact) mass is 253 g/mol. The molecule has 2 atom stereocenters. The first-order valence-electron chi connectivity index (χ1n) is 7.11. The molecule has 1 N–H and O–H groups in total. The highest BCUT2D eigenvalue weighted by atomic mass is 16.5. The van der Waals surface area contributed by atoms with Crippen LogP contribution in [0.2, 0.25) is 0 Å². The van der Waals surface area contributed by atoms with E-state index in [9.17, 15) is 4.79 Å². The number of piperazine rings is 1. The van der Waals surface area contributed by atoms with Crippen LogP contribution in [0.4, 0.5) is 0 Å². The molecule has 0 aromatic heterocycles. The van der Waals surface area contributed by atoms with E-state index >= 15 is 0 Å². The van der Waals surface area contributed by atoms with Crippen LogP contribution in [-0.2, 0) is 9.53 Å². The van der Waals surface area contributed by atoms with E-state index in [4.69, 9.17) is 4.74 Å². The molecular formula is C13H23N3O2. The van der Waals surface area contributed by atoms with Gasteiger partial charge in [-0.2, -0.15) is 0 Å². The van der Waals surface area contributed by atoms with Crippen LogP contribution >= 0.6 is 0 Å². The summed E-state index contributed by atoms with van der Waals surface area (Å²) in [5.41, 5.74) is 0. The molecule has 0 aliphatic carbocycles. The minimum Gasteiger partial charge on any atom is -0.368 e. The van der Waals surface area contributed by atoms with Gasteiger partial charge in [0.25, 0.3) is 5.91 Å². The highest BCUT2D eigenvalue weighted by molar-refractivity contribution is 5.81. The number of nitrogens with one attached hydrogen (secondary N) is 1. The van der Waals surface area contributed by atoms with Crippen LogP contribution in [0.3, 0.4) is 0 Å². The maximum absolute atomic E-state index is 12.3. The van der Waals surface area contributed by atoms with Gasteiger partial charge in [0.05, 0.1) is 0 Å². The number of carbonyl (C=O) groups is 1. The molecule has 3 aliphatic heterocycles. The van der Waals surface area contributed by atoms with Crippen molar-refractivity contribution in [2.75, 3.05) is 45.9 Å². The first-order chi connectivity index (χ1) is 8.75. The second kappa shape index (κ2) is 5.15. The number of ether oxygens (including phenoxy) is 1. The molecule has 3 rings (SSSR count). The van der Waals surface area contributed by atoms with E-state index in [0.29, 0.717) is 12.0 Å². The second-order valence-corrected chi connectivity index (χ2v) is 5.73. The SMILES string of the molecule is CC1CCOC1C(=O)N1CCN(C2CNC2)CC1. The third-order valence-corrected chi connectivity index (χ3v) is 4.53. The summed E-state index contributed by atoms with van der Waals surface area (Å²) >= 11 is 0. The van der Waals surface area contributed by atoms with Gasteiger partial charge in [0, 0.05) is 51.9 Å². The van der Waals surface area contributed by atoms with Crippen LogP contribution in [0, 0.1) is 5.92 Å². The van der Waals surface area contributed by atoms with Gasteiger partial charge < -0.3 is 15.0 Å². The highest BCUT2D eigenvalue weighted by Crippen LogP contribution is 2.22. The number of hydrogen-bond acceptors (Lipinski definition) is 4. The Hall–Kier alpha value is -0.650. The topological polar surface area (TPSA) is 44.8 Å². The van der Waals surface area contributed by atoms with Crippen molar-refractivity contribution in [2.45, 2.75) is 25.5 Å². The Balaban J connectivity index is 1.50.